The van der Waals surface area contributed by atoms with E-state index in [-0.39, 0.29) is 0 Å². The van der Waals surface area contributed by atoms with Gasteiger partial charge in [0.05, 0.1) is 15.2 Å². The van der Waals surface area contributed by atoms with Crippen LogP contribution < -0.4 is 5.32 Å². The Kier molecular flexibility index (Phi) is 2.89. The lowest BCUT2D eigenvalue weighted by Crippen LogP contribution is -2.30. The molecule has 0 saturated carbocycles. The average Bonchev–Trinajstić information content (AvgIpc) is 2.68. The SMILES string of the molecule is Cc1nc2cc(C3CC(C)CCN3)ccc2s1. The third-order valence-corrected chi connectivity index (χ3v) is 4.54. The van der Waals surface area contributed by atoms with Crippen LogP contribution in [0.5, 0.6) is 0 Å². The zero-order valence-corrected chi connectivity index (χ0v) is 11.2. The number of aryl methyl sites for hydroxylation is 1. The van der Waals surface area contributed by atoms with Gasteiger partial charge < -0.3 is 5.32 Å². The first-order valence-corrected chi connectivity index (χ1v) is 7.14. The second-order valence-corrected chi connectivity index (χ2v) is 6.33. The second-order valence-electron chi connectivity index (χ2n) is 5.10. The molecule has 1 aromatic heterocycles. The van der Waals surface area contributed by atoms with Crippen molar-refractivity contribution in [2.45, 2.75) is 32.7 Å². The number of hydrogen-bond donors (Lipinski definition) is 1. The van der Waals surface area contributed by atoms with Crippen LogP contribution in [0.25, 0.3) is 10.2 Å². The molecule has 2 unspecified atom stereocenters. The fourth-order valence-electron chi connectivity index (χ4n) is 2.64. The third kappa shape index (κ3) is 2.22. The summed E-state index contributed by atoms with van der Waals surface area (Å²) in [7, 11) is 0. The number of fused-ring (bicyclic) bond motifs is 1. The van der Waals surface area contributed by atoms with Crippen LogP contribution in [0.3, 0.4) is 0 Å². The Morgan fingerprint density at radius 2 is 2.29 bits per heavy atom. The predicted octanol–water partition coefficient (Wildman–Crippen LogP) is 3.67. The largest absolute Gasteiger partial charge is 0.310 e. The van der Waals surface area contributed by atoms with Crippen molar-refractivity contribution in [1.82, 2.24) is 10.3 Å². The maximum Gasteiger partial charge on any atom is 0.0907 e. The summed E-state index contributed by atoms with van der Waals surface area (Å²) in [6, 6.07) is 7.26. The lowest BCUT2D eigenvalue weighted by atomic mass is 9.90. The highest BCUT2D eigenvalue weighted by molar-refractivity contribution is 7.18. The van der Waals surface area contributed by atoms with E-state index in [0.717, 1.165) is 23.0 Å². The fourth-order valence-corrected chi connectivity index (χ4v) is 3.45. The number of hydrogen-bond acceptors (Lipinski definition) is 3. The predicted molar refractivity (Wildman–Crippen MR) is 73.5 cm³/mol. The number of rotatable bonds is 1. The quantitative estimate of drug-likeness (QED) is 0.830. The molecule has 3 heteroatoms. The summed E-state index contributed by atoms with van der Waals surface area (Å²) in [5.74, 6) is 0.828. The normalized spacial score (nSPS) is 25.3. The molecule has 1 saturated heterocycles. The second kappa shape index (κ2) is 4.39. The minimum Gasteiger partial charge on any atom is -0.310 e. The Morgan fingerprint density at radius 1 is 1.41 bits per heavy atom. The molecule has 2 atom stereocenters. The maximum absolute atomic E-state index is 4.58. The highest BCUT2D eigenvalue weighted by Crippen LogP contribution is 2.30. The van der Waals surface area contributed by atoms with E-state index in [1.165, 1.54) is 23.1 Å². The summed E-state index contributed by atoms with van der Waals surface area (Å²) in [4.78, 5) is 4.58. The van der Waals surface area contributed by atoms with Crippen molar-refractivity contribution in [1.29, 1.82) is 0 Å². The Labute approximate surface area is 106 Å². The van der Waals surface area contributed by atoms with Crippen LogP contribution >= 0.6 is 11.3 Å². The molecular weight excluding hydrogens is 228 g/mol. The van der Waals surface area contributed by atoms with E-state index >= 15 is 0 Å². The Morgan fingerprint density at radius 3 is 3.12 bits per heavy atom. The van der Waals surface area contributed by atoms with Gasteiger partial charge in [0.1, 0.15) is 0 Å². The van der Waals surface area contributed by atoms with Gasteiger partial charge in [-0.05, 0) is 49.9 Å². The van der Waals surface area contributed by atoms with Gasteiger partial charge in [0.2, 0.25) is 0 Å². The van der Waals surface area contributed by atoms with E-state index in [1.807, 2.05) is 0 Å². The molecule has 0 spiro atoms. The molecule has 0 aliphatic carbocycles. The van der Waals surface area contributed by atoms with Crippen molar-refractivity contribution in [2.75, 3.05) is 6.54 Å². The first-order chi connectivity index (χ1) is 8.22. The summed E-state index contributed by atoms with van der Waals surface area (Å²) in [5, 5.41) is 4.77. The van der Waals surface area contributed by atoms with Crippen molar-refractivity contribution in [2.24, 2.45) is 5.92 Å². The highest BCUT2D eigenvalue weighted by Gasteiger charge is 2.20. The number of thiazole rings is 1. The summed E-state index contributed by atoms with van der Waals surface area (Å²) in [6.07, 6.45) is 2.54. The number of nitrogens with one attached hydrogen (secondary N) is 1. The Hall–Kier alpha value is -0.930. The molecule has 3 rings (SSSR count). The standard InChI is InChI=1S/C14H18N2S/c1-9-5-6-15-12(7-9)11-3-4-14-13(8-11)16-10(2)17-14/h3-4,8-9,12,15H,5-7H2,1-2H3. The lowest BCUT2D eigenvalue weighted by Gasteiger charge is -2.28. The average molecular weight is 246 g/mol. The van der Waals surface area contributed by atoms with Crippen LogP contribution in [0, 0.1) is 12.8 Å². The van der Waals surface area contributed by atoms with Crippen LogP contribution in [-0.4, -0.2) is 11.5 Å². The van der Waals surface area contributed by atoms with Crippen LogP contribution in [0.4, 0.5) is 0 Å². The van der Waals surface area contributed by atoms with E-state index in [4.69, 9.17) is 0 Å². The third-order valence-electron chi connectivity index (χ3n) is 3.59. The molecule has 1 aliphatic rings. The van der Waals surface area contributed by atoms with Gasteiger partial charge in [-0.25, -0.2) is 4.98 Å². The van der Waals surface area contributed by atoms with Crippen molar-refractivity contribution < 1.29 is 0 Å². The van der Waals surface area contributed by atoms with Gasteiger partial charge in [0.15, 0.2) is 0 Å². The van der Waals surface area contributed by atoms with E-state index in [2.05, 4.69) is 42.3 Å². The fraction of sp³-hybridized carbons (Fsp3) is 0.500. The molecule has 1 N–H and O–H groups in total. The molecule has 0 radical (unpaired) electrons. The zero-order chi connectivity index (χ0) is 11.8. The summed E-state index contributed by atoms with van der Waals surface area (Å²) >= 11 is 1.78. The molecule has 90 valence electrons. The number of aromatic nitrogens is 1. The lowest BCUT2D eigenvalue weighted by molar-refractivity contribution is 0.325. The highest BCUT2D eigenvalue weighted by atomic mass is 32.1. The van der Waals surface area contributed by atoms with Gasteiger partial charge in [-0.3, -0.25) is 0 Å². The van der Waals surface area contributed by atoms with E-state index in [9.17, 15) is 0 Å². The van der Waals surface area contributed by atoms with Crippen LogP contribution in [0.15, 0.2) is 18.2 Å². The maximum atomic E-state index is 4.58. The molecular formula is C14H18N2S. The monoisotopic (exact) mass is 246 g/mol. The first-order valence-electron chi connectivity index (χ1n) is 6.33. The van der Waals surface area contributed by atoms with Crippen molar-refractivity contribution in [3.8, 4) is 0 Å². The minimum absolute atomic E-state index is 0.519. The summed E-state index contributed by atoms with van der Waals surface area (Å²) in [6.45, 7) is 5.56. The number of piperidine rings is 1. The van der Waals surface area contributed by atoms with Crippen LogP contribution in [0.1, 0.15) is 36.4 Å². The van der Waals surface area contributed by atoms with Crippen molar-refractivity contribution in [3.63, 3.8) is 0 Å². The number of nitrogens with zero attached hydrogens (tertiary/aromatic N) is 1. The molecule has 1 aromatic carbocycles. The molecule has 2 nitrogen and oxygen atoms in total. The summed E-state index contributed by atoms with van der Waals surface area (Å²) in [5.41, 5.74) is 2.55. The molecule has 1 fully saturated rings. The Bertz CT molecular complexity index is 532. The first kappa shape index (κ1) is 11.2. The van der Waals surface area contributed by atoms with Crippen molar-refractivity contribution in [3.05, 3.63) is 28.8 Å². The topological polar surface area (TPSA) is 24.9 Å². The molecule has 0 amide bonds. The van der Waals surface area contributed by atoms with Crippen LogP contribution in [-0.2, 0) is 0 Å². The van der Waals surface area contributed by atoms with Gasteiger partial charge in [0.25, 0.3) is 0 Å². The Balaban J connectivity index is 1.94. The van der Waals surface area contributed by atoms with Crippen molar-refractivity contribution >= 4 is 21.6 Å². The minimum atomic E-state index is 0.519. The van der Waals surface area contributed by atoms with E-state index < -0.39 is 0 Å². The smallest absolute Gasteiger partial charge is 0.0907 e. The summed E-state index contributed by atoms with van der Waals surface area (Å²) < 4.78 is 1.30. The van der Waals surface area contributed by atoms with E-state index in [0.29, 0.717) is 6.04 Å². The molecule has 2 aromatic rings. The molecule has 1 aliphatic heterocycles. The van der Waals surface area contributed by atoms with Gasteiger partial charge in [-0.1, -0.05) is 13.0 Å². The van der Waals surface area contributed by atoms with E-state index in [1.54, 1.807) is 11.3 Å². The van der Waals surface area contributed by atoms with Gasteiger partial charge in [-0.2, -0.15) is 0 Å². The molecule has 2 heterocycles. The molecule has 0 bridgehead atoms. The van der Waals surface area contributed by atoms with Gasteiger partial charge >= 0.3 is 0 Å². The van der Waals surface area contributed by atoms with Gasteiger partial charge in [0, 0.05) is 6.04 Å². The number of benzene rings is 1. The molecule has 17 heavy (non-hydrogen) atoms. The zero-order valence-electron chi connectivity index (χ0n) is 10.4. The van der Waals surface area contributed by atoms with Gasteiger partial charge in [-0.15, -0.1) is 11.3 Å². The van der Waals surface area contributed by atoms with Crippen LogP contribution in [0.2, 0.25) is 0 Å².